The van der Waals surface area contributed by atoms with E-state index in [1.54, 1.807) is 4.90 Å². The molecule has 6 heteroatoms. The molecule has 0 bridgehead atoms. The van der Waals surface area contributed by atoms with Crippen LogP contribution in [0.5, 0.6) is 0 Å². The maximum absolute atomic E-state index is 12.9. The molecule has 1 aliphatic heterocycles. The molecular weight excluding hydrogens is 348 g/mol. The van der Waals surface area contributed by atoms with Crippen molar-refractivity contribution in [2.75, 3.05) is 18.8 Å². The number of nitrogens with zero attached hydrogens (tertiary/aromatic N) is 1. The molecule has 1 amide bonds. The molecule has 0 radical (unpaired) electrons. The van der Waals surface area contributed by atoms with Crippen LogP contribution in [0.25, 0.3) is 10.9 Å². The molecule has 1 aromatic heterocycles. The molecule has 26 heavy (non-hydrogen) atoms. The first-order chi connectivity index (χ1) is 12.5. The molecule has 5 nitrogen and oxygen atoms in total. The van der Waals surface area contributed by atoms with Crippen LogP contribution < -0.4 is 0 Å². The predicted molar refractivity (Wildman–Crippen MR) is 102 cm³/mol. The van der Waals surface area contributed by atoms with E-state index in [9.17, 15) is 13.2 Å². The SMILES string of the molecule is O=C(c1cc2ccccc2[nH]1)N1CCC(c2ccccc2)S(=O)(=O)CC1. The highest BCUT2D eigenvalue weighted by Gasteiger charge is 2.33. The first-order valence-electron chi connectivity index (χ1n) is 8.68. The summed E-state index contributed by atoms with van der Waals surface area (Å²) in [5.74, 6) is -0.163. The number of rotatable bonds is 2. The van der Waals surface area contributed by atoms with Gasteiger partial charge in [-0.2, -0.15) is 0 Å². The van der Waals surface area contributed by atoms with Crippen LogP contribution in [0.15, 0.2) is 60.7 Å². The Bertz CT molecular complexity index is 1010. The van der Waals surface area contributed by atoms with Crippen LogP contribution >= 0.6 is 0 Å². The summed E-state index contributed by atoms with van der Waals surface area (Å²) in [5, 5.41) is 0.421. The van der Waals surface area contributed by atoms with E-state index in [1.165, 1.54) is 0 Å². The molecule has 2 heterocycles. The third kappa shape index (κ3) is 3.12. The van der Waals surface area contributed by atoms with E-state index in [-0.39, 0.29) is 18.2 Å². The van der Waals surface area contributed by atoms with Gasteiger partial charge in [0, 0.05) is 24.0 Å². The molecule has 1 unspecified atom stereocenters. The highest BCUT2D eigenvalue weighted by atomic mass is 32.2. The molecule has 1 saturated heterocycles. The smallest absolute Gasteiger partial charge is 0.270 e. The molecule has 1 fully saturated rings. The minimum absolute atomic E-state index is 0.0153. The van der Waals surface area contributed by atoms with Crippen molar-refractivity contribution in [2.24, 2.45) is 0 Å². The van der Waals surface area contributed by atoms with Gasteiger partial charge >= 0.3 is 0 Å². The standard InChI is InChI=1S/C20H20N2O3S/c23-20(18-14-16-8-4-5-9-17(16)21-18)22-11-10-19(26(24,25)13-12-22)15-6-2-1-3-7-15/h1-9,14,19,21H,10-13H2. The van der Waals surface area contributed by atoms with Gasteiger partial charge in [0.2, 0.25) is 0 Å². The molecular formula is C20H20N2O3S. The number of para-hydroxylation sites is 1. The number of amides is 1. The first-order valence-corrected chi connectivity index (χ1v) is 10.4. The Kier molecular flexibility index (Phi) is 4.28. The summed E-state index contributed by atoms with van der Waals surface area (Å²) in [7, 11) is -3.29. The summed E-state index contributed by atoms with van der Waals surface area (Å²) < 4.78 is 25.4. The monoisotopic (exact) mass is 368 g/mol. The fraction of sp³-hybridized carbons (Fsp3) is 0.250. The topological polar surface area (TPSA) is 70.2 Å². The number of carbonyl (C=O) groups excluding carboxylic acids is 1. The number of benzene rings is 2. The van der Waals surface area contributed by atoms with E-state index in [0.717, 1.165) is 16.5 Å². The Morgan fingerprint density at radius 2 is 1.73 bits per heavy atom. The molecule has 0 spiro atoms. The highest BCUT2D eigenvalue weighted by Crippen LogP contribution is 2.29. The molecule has 2 aromatic carbocycles. The zero-order chi connectivity index (χ0) is 18.1. The average Bonchev–Trinajstić information content (AvgIpc) is 3.01. The van der Waals surface area contributed by atoms with Gasteiger partial charge in [0.15, 0.2) is 9.84 Å². The third-order valence-electron chi connectivity index (χ3n) is 4.96. The van der Waals surface area contributed by atoms with E-state index < -0.39 is 15.1 Å². The maximum Gasteiger partial charge on any atom is 0.270 e. The molecule has 3 aromatic rings. The fourth-order valence-corrected chi connectivity index (χ4v) is 5.34. The van der Waals surface area contributed by atoms with Crippen molar-refractivity contribution in [1.82, 2.24) is 9.88 Å². The highest BCUT2D eigenvalue weighted by molar-refractivity contribution is 7.91. The zero-order valence-electron chi connectivity index (χ0n) is 14.3. The van der Waals surface area contributed by atoms with Crippen molar-refractivity contribution in [1.29, 1.82) is 0 Å². The van der Waals surface area contributed by atoms with Crippen molar-refractivity contribution in [3.63, 3.8) is 0 Å². The molecule has 1 atom stereocenters. The van der Waals surface area contributed by atoms with E-state index >= 15 is 0 Å². The number of fused-ring (bicyclic) bond motifs is 1. The van der Waals surface area contributed by atoms with Crippen molar-refractivity contribution >= 4 is 26.6 Å². The van der Waals surface area contributed by atoms with Gasteiger partial charge in [0.1, 0.15) is 5.69 Å². The lowest BCUT2D eigenvalue weighted by Gasteiger charge is -2.19. The first kappa shape index (κ1) is 16.8. The van der Waals surface area contributed by atoms with Crippen molar-refractivity contribution < 1.29 is 13.2 Å². The minimum atomic E-state index is -3.29. The fourth-order valence-electron chi connectivity index (χ4n) is 3.55. The second-order valence-corrected chi connectivity index (χ2v) is 8.92. The zero-order valence-corrected chi connectivity index (χ0v) is 15.1. The second-order valence-electron chi connectivity index (χ2n) is 6.62. The molecule has 0 saturated carbocycles. The van der Waals surface area contributed by atoms with Crippen LogP contribution in [0.4, 0.5) is 0 Å². The Morgan fingerprint density at radius 1 is 1.00 bits per heavy atom. The summed E-state index contributed by atoms with van der Waals surface area (Å²) >= 11 is 0. The quantitative estimate of drug-likeness (QED) is 0.755. The summed E-state index contributed by atoms with van der Waals surface area (Å²) in [4.78, 5) is 17.7. The van der Waals surface area contributed by atoms with E-state index in [0.29, 0.717) is 18.7 Å². The van der Waals surface area contributed by atoms with Crippen molar-refractivity contribution in [2.45, 2.75) is 11.7 Å². The number of nitrogens with one attached hydrogen (secondary N) is 1. The predicted octanol–water partition coefficient (Wildman–Crippen LogP) is 3.17. The van der Waals surface area contributed by atoms with Gasteiger partial charge in [-0.3, -0.25) is 4.79 Å². The van der Waals surface area contributed by atoms with Gasteiger partial charge in [0.25, 0.3) is 5.91 Å². The van der Waals surface area contributed by atoms with E-state index in [2.05, 4.69) is 4.98 Å². The van der Waals surface area contributed by atoms with Crippen molar-refractivity contribution in [3.8, 4) is 0 Å². The van der Waals surface area contributed by atoms with Gasteiger partial charge in [-0.15, -0.1) is 0 Å². The Hall–Kier alpha value is -2.60. The lowest BCUT2D eigenvalue weighted by molar-refractivity contribution is 0.0761. The van der Waals surface area contributed by atoms with Crippen LogP contribution in [-0.2, 0) is 9.84 Å². The Balaban J connectivity index is 1.58. The summed E-state index contributed by atoms with van der Waals surface area (Å²) in [5.41, 5.74) is 2.20. The molecule has 134 valence electrons. The van der Waals surface area contributed by atoms with Crippen LogP contribution in [0, 0.1) is 0 Å². The Morgan fingerprint density at radius 3 is 2.50 bits per heavy atom. The number of aromatic nitrogens is 1. The Labute approximate surface area is 152 Å². The normalized spacial score (nSPS) is 20.0. The summed E-state index contributed by atoms with van der Waals surface area (Å²) in [6.45, 7) is 0.646. The number of sulfone groups is 1. The number of H-pyrrole nitrogens is 1. The lowest BCUT2D eigenvalue weighted by atomic mass is 10.1. The van der Waals surface area contributed by atoms with Gasteiger partial charge in [0.05, 0.1) is 11.0 Å². The van der Waals surface area contributed by atoms with E-state index in [1.807, 2.05) is 60.7 Å². The second kappa shape index (κ2) is 6.61. The summed E-state index contributed by atoms with van der Waals surface area (Å²) in [6, 6.07) is 18.8. The molecule has 1 aliphatic rings. The largest absolute Gasteiger partial charge is 0.351 e. The van der Waals surface area contributed by atoms with Gasteiger partial charge in [-0.25, -0.2) is 8.42 Å². The molecule has 4 rings (SSSR count). The van der Waals surface area contributed by atoms with E-state index in [4.69, 9.17) is 0 Å². The van der Waals surface area contributed by atoms with Crippen molar-refractivity contribution in [3.05, 3.63) is 71.9 Å². The number of hydrogen-bond donors (Lipinski definition) is 1. The van der Waals surface area contributed by atoms with Gasteiger partial charge in [-0.1, -0.05) is 48.5 Å². The minimum Gasteiger partial charge on any atom is -0.351 e. The average molecular weight is 368 g/mol. The number of carbonyl (C=O) groups is 1. The van der Waals surface area contributed by atoms with Crippen LogP contribution in [0.2, 0.25) is 0 Å². The summed E-state index contributed by atoms with van der Waals surface area (Å²) in [6.07, 6.45) is 0.415. The van der Waals surface area contributed by atoms with Gasteiger partial charge < -0.3 is 9.88 Å². The van der Waals surface area contributed by atoms with Crippen LogP contribution in [0.1, 0.15) is 27.7 Å². The number of hydrogen-bond acceptors (Lipinski definition) is 3. The molecule has 0 aliphatic carbocycles. The number of aromatic amines is 1. The van der Waals surface area contributed by atoms with Crippen LogP contribution in [-0.4, -0.2) is 43.1 Å². The lowest BCUT2D eigenvalue weighted by Crippen LogP contribution is -2.33. The van der Waals surface area contributed by atoms with Crippen LogP contribution in [0.3, 0.4) is 0 Å². The maximum atomic E-state index is 12.9. The third-order valence-corrected chi connectivity index (χ3v) is 7.09. The molecule has 1 N–H and O–H groups in total. The van der Waals surface area contributed by atoms with Gasteiger partial charge in [-0.05, 0) is 24.1 Å².